The molecule has 0 atom stereocenters. The van der Waals surface area contributed by atoms with Gasteiger partial charge in [-0.25, -0.2) is 8.42 Å². The number of benzene rings is 2. The molecule has 1 N–H and O–H groups in total. The van der Waals surface area contributed by atoms with Gasteiger partial charge in [0.2, 0.25) is 10.0 Å². The Morgan fingerprint density at radius 1 is 1.04 bits per heavy atom. The summed E-state index contributed by atoms with van der Waals surface area (Å²) in [6.07, 6.45) is -4.54. The maximum atomic E-state index is 12.6. The lowest BCUT2D eigenvalue weighted by molar-refractivity contribution is -0.137. The molecule has 25 heavy (non-hydrogen) atoms. The number of hydrogen-bond acceptors (Lipinski definition) is 4. The van der Waals surface area contributed by atoms with Crippen LogP contribution in [-0.4, -0.2) is 27.9 Å². The fourth-order valence-corrected chi connectivity index (χ4v) is 2.82. The number of ether oxygens (including phenoxy) is 2. The van der Waals surface area contributed by atoms with Crippen molar-refractivity contribution in [2.45, 2.75) is 6.18 Å². The largest absolute Gasteiger partial charge is 0.497 e. The molecule has 0 spiro atoms. The van der Waals surface area contributed by atoms with E-state index in [1.165, 1.54) is 13.2 Å². The maximum absolute atomic E-state index is 12.6. The van der Waals surface area contributed by atoms with Gasteiger partial charge in [-0.2, -0.15) is 13.2 Å². The van der Waals surface area contributed by atoms with E-state index in [-0.39, 0.29) is 12.3 Å². The molecule has 2 aromatic carbocycles. The van der Waals surface area contributed by atoms with Gasteiger partial charge in [0.25, 0.3) is 0 Å². The fraction of sp³-hybridized carbons (Fsp3) is 0.250. The standard InChI is InChI=1S/C16H16F3NO4S/c1-23-14-5-7-15(8-6-14)24-9-10-25(21,22)20-13-4-2-3-12(11-13)16(17,18)19/h2-8,11,20H,9-10H2,1H3. The topological polar surface area (TPSA) is 64.6 Å². The molecular weight excluding hydrogens is 359 g/mol. The third-order valence-corrected chi connectivity index (χ3v) is 4.39. The van der Waals surface area contributed by atoms with Crippen LogP contribution in [-0.2, 0) is 16.2 Å². The SMILES string of the molecule is COc1ccc(OCCS(=O)(=O)Nc2cccc(C(F)(F)F)c2)cc1. The molecule has 0 aromatic heterocycles. The molecule has 5 nitrogen and oxygen atoms in total. The van der Waals surface area contributed by atoms with E-state index in [1.54, 1.807) is 24.3 Å². The molecule has 0 unspecified atom stereocenters. The van der Waals surface area contributed by atoms with E-state index in [0.717, 1.165) is 18.2 Å². The van der Waals surface area contributed by atoms with Gasteiger partial charge in [-0.3, -0.25) is 4.72 Å². The summed E-state index contributed by atoms with van der Waals surface area (Å²) in [5, 5.41) is 0. The van der Waals surface area contributed by atoms with Crippen LogP contribution in [0, 0.1) is 0 Å². The molecule has 0 saturated carbocycles. The molecule has 0 aliphatic rings. The fourth-order valence-electron chi connectivity index (χ4n) is 1.93. The number of hydrogen-bond donors (Lipinski definition) is 1. The zero-order valence-electron chi connectivity index (χ0n) is 13.2. The van der Waals surface area contributed by atoms with E-state index in [9.17, 15) is 21.6 Å². The number of alkyl halides is 3. The molecular formula is C16H16F3NO4S. The third-order valence-electron chi connectivity index (χ3n) is 3.14. The molecule has 9 heteroatoms. The monoisotopic (exact) mass is 375 g/mol. The highest BCUT2D eigenvalue weighted by atomic mass is 32.2. The molecule has 0 radical (unpaired) electrons. The second kappa shape index (κ2) is 7.64. The van der Waals surface area contributed by atoms with Gasteiger partial charge in [0.1, 0.15) is 23.9 Å². The lowest BCUT2D eigenvalue weighted by Crippen LogP contribution is -2.21. The van der Waals surface area contributed by atoms with Crippen molar-refractivity contribution in [1.29, 1.82) is 0 Å². The predicted octanol–water partition coefficient (Wildman–Crippen LogP) is 3.53. The molecule has 2 rings (SSSR count). The molecule has 0 aliphatic carbocycles. The average Bonchev–Trinajstić information content (AvgIpc) is 2.54. The van der Waals surface area contributed by atoms with E-state index in [1.807, 2.05) is 0 Å². The van der Waals surface area contributed by atoms with Crippen molar-refractivity contribution in [3.05, 3.63) is 54.1 Å². The van der Waals surface area contributed by atoms with E-state index < -0.39 is 27.5 Å². The van der Waals surface area contributed by atoms with Crippen LogP contribution < -0.4 is 14.2 Å². The van der Waals surface area contributed by atoms with Crippen LogP contribution in [0.15, 0.2) is 48.5 Å². The van der Waals surface area contributed by atoms with Gasteiger partial charge < -0.3 is 9.47 Å². The summed E-state index contributed by atoms with van der Waals surface area (Å²) in [6.45, 7) is -0.152. The first-order chi connectivity index (χ1) is 11.7. The Balaban J connectivity index is 1.93. The van der Waals surface area contributed by atoms with Gasteiger partial charge in [0.05, 0.1) is 12.7 Å². The zero-order valence-corrected chi connectivity index (χ0v) is 14.0. The highest BCUT2D eigenvalue weighted by molar-refractivity contribution is 7.92. The van der Waals surface area contributed by atoms with Gasteiger partial charge in [-0.1, -0.05) is 6.07 Å². The Hall–Kier alpha value is -2.42. The van der Waals surface area contributed by atoms with Gasteiger partial charge in [0, 0.05) is 5.69 Å². The number of methoxy groups -OCH3 is 1. The van der Waals surface area contributed by atoms with Crippen molar-refractivity contribution in [2.24, 2.45) is 0 Å². The first kappa shape index (κ1) is 18.9. The average molecular weight is 375 g/mol. The van der Waals surface area contributed by atoms with Crippen molar-refractivity contribution in [1.82, 2.24) is 0 Å². The molecule has 0 amide bonds. The lowest BCUT2D eigenvalue weighted by Gasteiger charge is -2.12. The number of rotatable bonds is 7. The normalized spacial score (nSPS) is 11.8. The maximum Gasteiger partial charge on any atom is 0.416 e. The van der Waals surface area contributed by atoms with Crippen LogP contribution in [0.4, 0.5) is 18.9 Å². The third kappa shape index (κ3) is 5.86. The van der Waals surface area contributed by atoms with E-state index in [0.29, 0.717) is 11.5 Å². The highest BCUT2D eigenvalue weighted by Crippen LogP contribution is 2.30. The smallest absolute Gasteiger partial charge is 0.416 e. The van der Waals surface area contributed by atoms with Gasteiger partial charge in [-0.15, -0.1) is 0 Å². The molecule has 0 fully saturated rings. The second-order valence-electron chi connectivity index (χ2n) is 5.02. The summed E-state index contributed by atoms with van der Waals surface area (Å²) in [4.78, 5) is 0. The summed E-state index contributed by atoms with van der Waals surface area (Å²) >= 11 is 0. The summed E-state index contributed by atoms with van der Waals surface area (Å²) < 4.78 is 74.2. The summed E-state index contributed by atoms with van der Waals surface area (Å²) in [6, 6.07) is 10.5. The van der Waals surface area contributed by atoms with Crippen molar-refractivity contribution < 1.29 is 31.1 Å². The molecule has 136 valence electrons. The molecule has 0 aliphatic heterocycles. The number of anilines is 1. The van der Waals surface area contributed by atoms with Gasteiger partial charge >= 0.3 is 6.18 Å². The minimum absolute atomic E-state index is 0.152. The Morgan fingerprint density at radius 2 is 1.68 bits per heavy atom. The molecule has 0 heterocycles. The van der Waals surface area contributed by atoms with Crippen molar-refractivity contribution in [2.75, 3.05) is 24.2 Å². The molecule has 0 saturated heterocycles. The molecule has 2 aromatic rings. The van der Waals surface area contributed by atoms with Crippen molar-refractivity contribution in [3.8, 4) is 11.5 Å². The Kier molecular flexibility index (Phi) is 5.78. The lowest BCUT2D eigenvalue weighted by atomic mass is 10.2. The van der Waals surface area contributed by atoms with Crippen molar-refractivity contribution >= 4 is 15.7 Å². The highest BCUT2D eigenvalue weighted by Gasteiger charge is 2.30. The summed E-state index contributed by atoms with van der Waals surface area (Å²) in [5.41, 5.74) is -1.08. The Morgan fingerprint density at radius 3 is 2.28 bits per heavy atom. The predicted molar refractivity (Wildman–Crippen MR) is 87.3 cm³/mol. The van der Waals surface area contributed by atoms with Gasteiger partial charge in [-0.05, 0) is 42.5 Å². The summed E-state index contributed by atoms with van der Waals surface area (Å²) in [7, 11) is -2.33. The summed E-state index contributed by atoms with van der Waals surface area (Å²) in [5.74, 6) is 0.677. The van der Waals surface area contributed by atoms with Crippen LogP contribution in [0.5, 0.6) is 11.5 Å². The van der Waals surface area contributed by atoms with Crippen LogP contribution in [0.25, 0.3) is 0 Å². The van der Waals surface area contributed by atoms with Crippen LogP contribution in [0.1, 0.15) is 5.56 Å². The number of halogens is 3. The van der Waals surface area contributed by atoms with Crippen LogP contribution in [0.2, 0.25) is 0 Å². The number of nitrogens with one attached hydrogen (secondary N) is 1. The Bertz CT molecular complexity index is 805. The van der Waals surface area contributed by atoms with E-state index in [4.69, 9.17) is 9.47 Å². The minimum atomic E-state index is -4.54. The number of sulfonamides is 1. The Labute approximate surface area is 143 Å². The van der Waals surface area contributed by atoms with Crippen LogP contribution in [0.3, 0.4) is 0 Å². The quantitative estimate of drug-likeness (QED) is 0.804. The van der Waals surface area contributed by atoms with Gasteiger partial charge in [0.15, 0.2) is 0 Å². The van der Waals surface area contributed by atoms with E-state index in [2.05, 4.69) is 4.72 Å². The molecule has 0 bridgehead atoms. The van der Waals surface area contributed by atoms with Crippen molar-refractivity contribution in [3.63, 3.8) is 0 Å². The van der Waals surface area contributed by atoms with Crippen LogP contribution >= 0.6 is 0 Å². The second-order valence-corrected chi connectivity index (χ2v) is 6.87. The first-order valence-corrected chi connectivity index (χ1v) is 8.79. The first-order valence-electron chi connectivity index (χ1n) is 7.14. The minimum Gasteiger partial charge on any atom is -0.497 e. The zero-order chi connectivity index (χ0) is 18.5. The van der Waals surface area contributed by atoms with E-state index >= 15 is 0 Å².